The van der Waals surface area contributed by atoms with Gasteiger partial charge in [0.05, 0.1) is 22.6 Å². The molecule has 1 aliphatic rings. The first-order chi connectivity index (χ1) is 27.0. The summed E-state index contributed by atoms with van der Waals surface area (Å²) in [6.07, 6.45) is 0. The van der Waals surface area contributed by atoms with E-state index in [2.05, 4.69) is 166 Å². The zero-order valence-corrected chi connectivity index (χ0v) is 30.7. The van der Waals surface area contributed by atoms with Crippen LogP contribution in [0.4, 0.5) is 0 Å². The van der Waals surface area contributed by atoms with Crippen LogP contribution in [0.1, 0.15) is 25.0 Å². The highest BCUT2D eigenvalue weighted by Crippen LogP contribution is 2.50. The van der Waals surface area contributed by atoms with Gasteiger partial charge in [-0.25, -0.2) is 15.0 Å². The quantitative estimate of drug-likeness (QED) is 0.173. The Kier molecular flexibility index (Phi) is 7.81. The Morgan fingerprint density at radius 1 is 0.327 bits per heavy atom. The lowest BCUT2D eigenvalue weighted by Gasteiger charge is -2.22. The predicted octanol–water partition coefficient (Wildman–Crippen LogP) is 13.3. The van der Waals surface area contributed by atoms with E-state index in [1.54, 1.807) is 0 Å². The number of rotatable bonds is 6. The first-order valence-corrected chi connectivity index (χ1v) is 18.9. The van der Waals surface area contributed by atoms with Crippen LogP contribution in [0.15, 0.2) is 188 Å². The molecule has 1 aliphatic carbocycles. The monoisotopic (exact) mass is 703 g/mol. The molecule has 0 N–H and O–H groups in total. The molecule has 260 valence electrons. The van der Waals surface area contributed by atoms with Crippen LogP contribution in [0.5, 0.6) is 0 Å². The fourth-order valence-electron chi connectivity index (χ4n) is 8.19. The Bertz CT molecular complexity index is 2800. The highest BCUT2D eigenvalue weighted by atomic mass is 14.9. The van der Waals surface area contributed by atoms with Crippen molar-refractivity contribution in [3.63, 3.8) is 0 Å². The Labute approximate surface area is 321 Å². The van der Waals surface area contributed by atoms with Crippen molar-refractivity contribution in [2.24, 2.45) is 0 Å². The largest absolute Gasteiger partial charge is 0.248 e. The normalized spacial score (nSPS) is 12.7. The summed E-state index contributed by atoms with van der Waals surface area (Å²) in [5.74, 6) is 0.702. The van der Waals surface area contributed by atoms with E-state index in [0.29, 0.717) is 5.82 Å². The summed E-state index contributed by atoms with van der Waals surface area (Å²) in [6, 6.07) is 66.5. The summed E-state index contributed by atoms with van der Waals surface area (Å²) in [5.41, 5.74) is 17.8. The Balaban J connectivity index is 1.07. The first kappa shape index (κ1) is 32.7. The van der Waals surface area contributed by atoms with Gasteiger partial charge < -0.3 is 0 Å². The Hall–Kier alpha value is -6.97. The third-order valence-electron chi connectivity index (χ3n) is 11.1. The maximum absolute atomic E-state index is 5.28. The lowest BCUT2D eigenvalue weighted by atomic mass is 9.82. The third-order valence-corrected chi connectivity index (χ3v) is 11.1. The molecule has 2 aromatic heterocycles. The fourth-order valence-corrected chi connectivity index (χ4v) is 8.19. The minimum absolute atomic E-state index is 0.0993. The third kappa shape index (κ3) is 5.82. The second-order valence-electron chi connectivity index (χ2n) is 14.9. The molecular weight excluding hydrogens is 667 g/mol. The number of pyridine rings is 1. The maximum Gasteiger partial charge on any atom is 0.160 e. The van der Waals surface area contributed by atoms with Crippen molar-refractivity contribution in [1.82, 2.24) is 15.0 Å². The molecule has 0 spiro atoms. The smallest absolute Gasteiger partial charge is 0.160 e. The molecule has 55 heavy (non-hydrogen) atoms. The van der Waals surface area contributed by atoms with Crippen molar-refractivity contribution >= 4 is 10.9 Å². The Morgan fingerprint density at radius 3 is 1.49 bits per heavy atom. The molecule has 7 aromatic carbocycles. The number of fused-ring (bicyclic) bond motifs is 4. The van der Waals surface area contributed by atoms with Crippen LogP contribution in [-0.4, -0.2) is 15.0 Å². The average Bonchev–Trinajstić information content (AvgIpc) is 3.48. The van der Waals surface area contributed by atoms with E-state index >= 15 is 0 Å². The van der Waals surface area contributed by atoms with Crippen LogP contribution < -0.4 is 0 Å². The van der Waals surface area contributed by atoms with E-state index in [1.807, 2.05) is 36.4 Å². The second-order valence-corrected chi connectivity index (χ2v) is 14.9. The summed E-state index contributed by atoms with van der Waals surface area (Å²) in [7, 11) is 0. The number of nitrogens with zero attached hydrogens (tertiary/aromatic N) is 3. The van der Waals surface area contributed by atoms with Gasteiger partial charge in [-0.15, -0.1) is 0 Å². The number of hydrogen-bond acceptors (Lipinski definition) is 3. The van der Waals surface area contributed by atoms with E-state index in [4.69, 9.17) is 15.0 Å². The fraction of sp³-hybridized carbons (Fsp3) is 0.0577. The summed E-state index contributed by atoms with van der Waals surface area (Å²) in [5, 5.41) is 1.16. The molecule has 0 saturated carbocycles. The summed E-state index contributed by atoms with van der Waals surface area (Å²) in [6.45, 7) is 4.65. The molecule has 3 nitrogen and oxygen atoms in total. The van der Waals surface area contributed by atoms with Crippen molar-refractivity contribution < 1.29 is 0 Å². The van der Waals surface area contributed by atoms with Gasteiger partial charge in [0.1, 0.15) is 0 Å². The van der Waals surface area contributed by atoms with Crippen LogP contribution in [0, 0.1) is 0 Å². The second kappa shape index (κ2) is 13.2. The van der Waals surface area contributed by atoms with E-state index in [0.717, 1.165) is 66.9 Å². The molecule has 0 bridgehead atoms. The highest BCUT2D eigenvalue weighted by Gasteiger charge is 2.35. The van der Waals surface area contributed by atoms with Gasteiger partial charge in [-0.1, -0.05) is 172 Å². The zero-order valence-electron chi connectivity index (χ0n) is 30.7. The molecule has 0 radical (unpaired) electrons. The number of benzene rings is 7. The minimum atomic E-state index is -0.0993. The van der Waals surface area contributed by atoms with E-state index in [1.165, 1.54) is 27.8 Å². The summed E-state index contributed by atoms with van der Waals surface area (Å²) >= 11 is 0. The maximum atomic E-state index is 5.28. The van der Waals surface area contributed by atoms with Crippen molar-refractivity contribution in [3.05, 3.63) is 199 Å². The summed E-state index contributed by atoms with van der Waals surface area (Å²) < 4.78 is 0. The molecular formula is C52H37N3. The van der Waals surface area contributed by atoms with Crippen LogP contribution >= 0.6 is 0 Å². The molecule has 0 saturated heterocycles. The standard InChI is InChI=1S/C52H37N3/c1-52(2)45-24-13-12-23-41(45)43-30-44-42(31-47(36-15-6-3-7-16-36)53-50(44)32-46(43)52)35-27-25-34(26-28-35)39-21-14-22-40(29-39)51-54-48(37-17-8-4-9-18-37)33-49(55-51)38-19-10-5-11-20-38/h3-33H,1-2H3. The zero-order chi connectivity index (χ0) is 36.9. The van der Waals surface area contributed by atoms with Crippen molar-refractivity contribution in [3.8, 4) is 78.5 Å². The number of hydrogen-bond donors (Lipinski definition) is 0. The summed E-state index contributed by atoms with van der Waals surface area (Å²) in [4.78, 5) is 15.4. The average molecular weight is 704 g/mol. The minimum Gasteiger partial charge on any atom is -0.248 e. The van der Waals surface area contributed by atoms with Crippen LogP contribution in [0.3, 0.4) is 0 Å². The SMILES string of the molecule is CC1(C)c2ccccc2-c2cc3c(-c4ccc(-c5cccc(-c6nc(-c7ccccc7)cc(-c7ccccc7)n6)c5)cc4)cc(-c4ccccc4)nc3cc21. The van der Waals surface area contributed by atoms with Crippen LogP contribution in [-0.2, 0) is 5.41 Å². The molecule has 0 aliphatic heterocycles. The molecule has 2 heterocycles. The van der Waals surface area contributed by atoms with Gasteiger partial charge in [-0.3, -0.25) is 0 Å². The van der Waals surface area contributed by atoms with Crippen LogP contribution in [0.25, 0.3) is 89.4 Å². The molecule has 10 rings (SSSR count). The van der Waals surface area contributed by atoms with Crippen molar-refractivity contribution in [2.75, 3.05) is 0 Å². The van der Waals surface area contributed by atoms with Gasteiger partial charge in [-0.2, -0.15) is 0 Å². The molecule has 0 fully saturated rings. The topological polar surface area (TPSA) is 38.7 Å². The molecule has 9 aromatic rings. The molecule has 0 atom stereocenters. The van der Waals surface area contributed by atoms with E-state index < -0.39 is 0 Å². The van der Waals surface area contributed by atoms with Gasteiger partial charge in [0.2, 0.25) is 0 Å². The molecule has 3 heteroatoms. The lowest BCUT2D eigenvalue weighted by molar-refractivity contribution is 0.661. The van der Waals surface area contributed by atoms with Gasteiger partial charge in [0.25, 0.3) is 0 Å². The van der Waals surface area contributed by atoms with Crippen molar-refractivity contribution in [2.45, 2.75) is 19.3 Å². The Morgan fingerprint density at radius 2 is 0.855 bits per heavy atom. The number of aromatic nitrogens is 3. The van der Waals surface area contributed by atoms with Crippen LogP contribution in [0.2, 0.25) is 0 Å². The van der Waals surface area contributed by atoms with Gasteiger partial charge >= 0.3 is 0 Å². The first-order valence-electron chi connectivity index (χ1n) is 18.9. The predicted molar refractivity (Wildman–Crippen MR) is 228 cm³/mol. The molecule has 0 unspecified atom stereocenters. The molecule has 0 amide bonds. The van der Waals surface area contributed by atoms with Gasteiger partial charge in [-0.05, 0) is 74.8 Å². The van der Waals surface area contributed by atoms with E-state index in [-0.39, 0.29) is 5.41 Å². The van der Waals surface area contributed by atoms with E-state index in [9.17, 15) is 0 Å². The van der Waals surface area contributed by atoms with Gasteiger partial charge in [0.15, 0.2) is 5.82 Å². The lowest BCUT2D eigenvalue weighted by Crippen LogP contribution is -2.14. The van der Waals surface area contributed by atoms with Gasteiger partial charge in [0, 0.05) is 33.1 Å². The highest BCUT2D eigenvalue weighted by molar-refractivity contribution is 6.01. The van der Waals surface area contributed by atoms with Crippen molar-refractivity contribution in [1.29, 1.82) is 0 Å².